The normalized spacial score (nSPS) is 25.2. The summed E-state index contributed by atoms with van der Waals surface area (Å²) in [5.41, 5.74) is 0. The van der Waals surface area contributed by atoms with E-state index >= 15 is 0 Å². The number of hydrogen-bond donors (Lipinski definition) is 0. The van der Waals surface area contributed by atoms with Gasteiger partial charge in [-0.1, -0.05) is 28.8 Å². The first-order chi connectivity index (χ1) is 5.75. The van der Waals surface area contributed by atoms with Gasteiger partial charge < -0.3 is 4.90 Å². The maximum Gasteiger partial charge on any atom is 0.219 e. The molecule has 0 bridgehead atoms. The lowest BCUT2D eigenvalue weighted by Crippen LogP contribution is -2.39. The summed E-state index contributed by atoms with van der Waals surface area (Å²) in [5.74, 6) is 0.223. The maximum absolute atomic E-state index is 11.2. The molecule has 1 aliphatic heterocycles. The van der Waals surface area contributed by atoms with Gasteiger partial charge in [0.1, 0.15) is 0 Å². The second-order valence-electron chi connectivity index (χ2n) is 3.37. The standard InChI is InChI=1S/C9H16BrNO/c1-8(12)11-6-4-2-3-5-9(11)7-10/h9H,2-7H2,1H3. The van der Waals surface area contributed by atoms with Gasteiger partial charge >= 0.3 is 0 Å². The summed E-state index contributed by atoms with van der Waals surface area (Å²) in [6.45, 7) is 2.62. The number of carbonyl (C=O) groups excluding carboxylic acids is 1. The van der Waals surface area contributed by atoms with Crippen LogP contribution in [0.5, 0.6) is 0 Å². The molecule has 0 radical (unpaired) electrons. The molecule has 1 atom stereocenters. The zero-order valence-electron chi connectivity index (χ0n) is 7.55. The summed E-state index contributed by atoms with van der Waals surface area (Å²) >= 11 is 3.46. The van der Waals surface area contributed by atoms with E-state index in [2.05, 4.69) is 15.9 Å². The lowest BCUT2D eigenvalue weighted by atomic mass is 10.1. The van der Waals surface area contributed by atoms with Crippen LogP contribution in [0.2, 0.25) is 0 Å². The Morgan fingerprint density at radius 2 is 2.25 bits per heavy atom. The molecule has 1 amide bonds. The molecule has 0 spiro atoms. The molecule has 2 nitrogen and oxygen atoms in total. The Balaban J connectivity index is 2.57. The minimum Gasteiger partial charge on any atom is -0.339 e. The number of alkyl halides is 1. The summed E-state index contributed by atoms with van der Waals surface area (Å²) in [4.78, 5) is 13.2. The van der Waals surface area contributed by atoms with Crippen molar-refractivity contribution in [1.29, 1.82) is 0 Å². The van der Waals surface area contributed by atoms with Gasteiger partial charge in [0.25, 0.3) is 0 Å². The van der Waals surface area contributed by atoms with Crippen LogP contribution in [0, 0.1) is 0 Å². The predicted octanol–water partition coefficient (Wildman–Crippen LogP) is 2.17. The molecule has 0 N–H and O–H groups in total. The van der Waals surface area contributed by atoms with Crippen LogP contribution in [-0.2, 0) is 4.79 Å². The average molecular weight is 234 g/mol. The van der Waals surface area contributed by atoms with Crippen LogP contribution in [-0.4, -0.2) is 28.7 Å². The number of carbonyl (C=O) groups is 1. The quantitative estimate of drug-likeness (QED) is 0.637. The van der Waals surface area contributed by atoms with Gasteiger partial charge in [-0.3, -0.25) is 4.79 Å². The highest BCUT2D eigenvalue weighted by molar-refractivity contribution is 9.09. The third-order valence-corrected chi connectivity index (χ3v) is 3.21. The first-order valence-corrected chi connectivity index (χ1v) is 5.71. The van der Waals surface area contributed by atoms with Crippen LogP contribution in [0.15, 0.2) is 0 Å². The van der Waals surface area contributed by atoms with Crippen molar-refractivity contribution in [3.8, 4) is 0 Å². The molecule has 0 aromatic rings. The number of halogens is 1. The van der Waals surface area contributed by atoms with E-state index in [4.69, 9.17) is 0 Å². The Morgan fingerprint density at radius 1 is 1.50 bits per heavy atom. The smallest absolute Gasteiger partial charge is 0.219 e. The molecule has 1 fully saturated rings. The van der Waals surface area contributed by atoms with Gasteiger partial charge in [-0.25, -0.2) is 0 Å². The Hall–Kier alpha value is -0.0500. The van der Waals surface area contributed by atoms with E-state index in [1.165, 1.54) is 19.3 Å². The molecule has 0 aromatic heterocycles. The highest BCUT2D eigenvalue weighted by Gasteiger charge is 2.21. The van der Waals surface area contributed by atoms with Crippen molar-refractivity contribution in [2.45, 2.75) is 38.6 Å². The van der Waals surface area contributed by atoms with Crippen molar-refractivity contribution in [2.75, 3.05) is 11.9 Å². The Kier molecular flexibility index (Phi) is 4.06. The van der Waals surface area contributed by atoms with Crippen LogP contribution in [0.25, 0.3) is 0 Å². The molecule has 0 saturated carbocycles. The monoisotopic (exact) mass is 233 g/mol. The zero-order chi connectivity index (χ0) is 8.97. The van der Waals surface area contributed by atoms with E-state index in [-0.39, 0.29) is 5.91 Å². The largest absolute Gasteiger partial charge is 0.339 e. The van der Waals surface area contributed by atoms with Crippen molar-refractivity contribution in [3.05, 3.63) is 0 Å². The summed E-state index contributed by atoms with van der Waals surface area (Å²) in [7, 11) is 0. The summed E-state index contributed by atoms with van der Waals surface area (Å²) < 4.78 is 0. The first kappa shape index (κ1) is 10.0. The maximum atomic E-state index is 11.2. The number of likely N-dealkylation sites (tertiary alicyclic amines) is 1. The van der Waals surface area contributed by atoms with Gasteiger partial charge in [-0.05, 0) is 12.8 Å². The number of nitrogens with zero attached hydrogens (tertiary/aromatic N) is 1. The van der Waals surface area contributed by atoms with Gasteiger partial charge in [-0.2, -0.15) is 0 Å². The lowest BCUT2D eigenvalue weighted by Gasteiger charge is -2.27. The van der Waals surface area contributed by atoms with Crippen molar-refractivity contribution in [2.24, 2.45) is 0 Å². The van der Waals surface area contributed by atoms with Crippen LogP contribution >= 0.6 is 15.9 Å². The molecular formula is C9H16BrNO. The number of amides is 1. The van der Waals surface area contributed by atoms with Gasteiger partial charge in [-0.15, -0.1) is 0 Å². The van der Waals surface area contributed by atoms with Crippen molar-refractivity contribution >= 4 is 21.8 Å². The van der Waals surface area contributed by atoms with Crippen LogP contribution < -0.4 is 0 Å². The molecule has 70 valence electrons. The highest BCUT2D eigenvalue weighted by atomic mass is 79.9. The highest BCUT2D eigenvalue weighted by Crippen LogP contribution is 2.18. The van der Waals surface area contributed by atoms with E-state index in [0.717, 1.165) is 18.3 Å². The van der Waals surface area contributed by atoms with E-state index in [1.54, 1.807) is 6.92 Å². The minimum atomic E-state index is 0.223. The summed E-state index contributed by atoms with van der Waals surface area (Å²) in [6, 6.07) is 0.435. The Morgan fingerprint density at radius 3 is 2.83 bits per heavy atom. The van der Waals surface area contributed by atoms with Gasteiger partial charge in [0.05, 0.1) is 0 Å². The van der Waals surface area contributed by atoms with E-state index < -0.39 is 0 Å². The van der Waals surface area contributed by atoms with Crippen LogP contribution in [0.4, 0.5) is 0 Å². The number of rotatable bonds is 1. The fraction of sp³-hybridized carbons (Fsp3) is 0.889. The van der Waals surface area contributed by atoms with Crippen LogP contribution in [0.1, 0.15) is 32.6 Å². The van der Waals surface area contributed by atoms with E-state index in [0.29, 0.717) is 6.04 Å². The fourth-order valence-corrected chi connectivity index (χ4v) is 2.43. The SMILES string of the molecule is CC(=O)N1CCCCCC1CBr. The molecule has 0 aromatic carbocycles. The summed E-state index contributed by atoms with van der Waals surface area (Å²) in [5, 5.41) is 0.923. The molecule has 1 rings (SSSR count). The molecule has 3 heteroatoms. The Labute approximate surface area is 82.4 Å². The summed E-state index contributed by atoms with van der Waals surface area (Å²) in [6.07, 6.45) is 4.86. The second kappa shape index (κ2) is 4.85. The van der Waals surface area contributed by atoms with Gasteiger partial charge in [0.2, 0.25) is 5.91 Å². The molecule has 12 heavy (non-hydrogen) atoms. The number of hydrogen-bond acceptors (Lipinski definition) is 1. The van der Waals surface area contributed by atoms with Gasteiger partial charge in [0, 0.05) is 24.8 Å². The fourth-order valence-electron chi connectivity index (χ4n) is 1.75. The molecule has 1 saturated heterocycles. The minimum absolute atomic E-state index is 0.223. The van der Waals surface area contributed by atoms with E-state index in [9.17, 15) is 4.79 Å². The Bertz CT molecular complexity index is 161. The average Bonchev–Trinajstić information content (AvgIpc) is 2.27. The van der Waals surface area contributed by atoms with E-state index in [1.807, 2.05) is 4.90 Å². The second-order valence-corrected chi connectivity index (χ2v) is 4.02. The van der Waals surface area contributed by atoms with Crippen molar-refractivity contribution in [3.63, 3.8) is 0 Å². The molecule has 1 unspecified atom stereocenters. The van der Waals surface area contributed by atoms with Crippen molar-refractivity contribution < 1.29 is 4.79 Å². The third kappa shape index (κ3) is 2.47. The van der Waals surface area contributed by atoms with Crippen molar-refractivity contribution in [1.82, 2.24) is 4.90 Å². The zero-order valence-corrected chi connectivity index (χ0v) is 9.14. The molecule has 1 heterocycles. The van der Waals surface area contributed by atoms with Crippen LogP contribution in [0.3, 0.4) is 0 Å². The molecule has 0 aliphatic carbocycles. The lowest BCUT2D eigenvalue weighted by molar-refractivity contribution is -0.130. The van der Waals surface area contributed by atoms with Gasteiger partial charge in [0.15, 0.2) is 0 Å². The topological polar surface area (TPSA) is 20.3 Å². The first-order valence-electron chi connectivity index (χ1n) is 4.59. The third-order valence-electron chi connectivity index (χ3n) is 2.46. The molecular weight excluding hydrogens is 218 g/mol. The molecule has 1 aliphatic rings. The predicted molar refractivity (Wildman–Crippen MR) is 53.4 cm³/mol.